The molecule has 2 N–H and O–H groups in total. The van der Waals surface area contributed by atoms with Crippen molar-refractivity contribution < 1.29 is 24.2 Å². The highest BCUT2D eigenvalue weighted by Gasteiger charge is 2.36. The maximum absolute atomic E-state index is 13.0. The molecule has 0 bridgehead atoms. The number of ether oxygens (including phenoxy) is 1. The molecule has 3 aromatic carbocycles. The SMILES string of the molecule is O=C1NC(=O)N(c2ccc(O)cc2)C(=O)/C1=C/c1ccc(OCc2ccc(Cl)cc2Cl)c(Br)c1. The van der Waals surface area contributed by atoms with E-state index in [1.54, 1.807) is 36.4 Å². The number of anilines is 1. The highest BCUT2D eigenvalue weighted by Crippen LogP contribution is 2.30. The largest absolute Gasteiger partial charge is 0.508 e. The number of rotatable bonds is 5. The van der Waals surface area contributed by atoms with Gasteiger partial charge in [-0.2, -0.15) is 0 Å². The molecule has 0 aromatic heterocycles. The van der Waals surface area contributed by atoms with Gasteiger partial charge in [0.1, 0.15) is 23.7 Å². The molecule has 34 heavy (non-hydrogen) atoms. The fraction of sp³-hybridized carbons (Fsp3) is 0.0417. The van der Waals surface area contributed by atoms with Crippen LogP contribution < -0.4 is 15.0 Å². The molecule has 172 valence electrons. The third-order valence-electron chi connectivity index (χ3n) is 4.87. The van der Waals surface area contributed by atoms with E-state index in [9.17, 15) is 19.5 Å². The molecule has 1 aliphatic rings. The summed E-state index contributed by atoms with van der Waals surface area (Å²) in [5, 5.41) is 12.6. The lowest BCUT2D eigenvalue weighted by molar-refractivity contribution is -0.122. The van der Waals surface area contributed by atoms with Gasteiger partial charge in [0.05, 0.1) is 10.2 Å². The van der Waals surface area contributed by atoms with Gasteiger partial charge in [0.2, 0.25) is 0 Å². The molecular weight excluding hydrogens is 547 g/mol. The van der Waals surface area contributed by atoms with Crippen LogP contribution in [0.4, 0.5) is 10.5 Å². The molecule has 1 saturated heterocycles. The number of aromatic hydroxyl groups is 1. The minimum absolute atomic E-state index is 0.0223. The number of hydrogen-bond donors (Lipinski definition) is 2. The Morgan fingerprint density at radius 3 is 2.41 bits per heavy atom. The van der Waals surface area contributed by atoms with Crippen LogP contribution in [0.1, 0.15) is 11.1 Å². The Balaban J connectivity index is 1.55. The maximum atomic E-state index is 13.0. The van der Waals surface area contributed by atoms with Gasteiger partial charge < -0.3 is 9.84 Å². The molecule has 1 heterocycles. The van der Waals surface area contributed by atoms with Crippen molar-refractivity contribution in [3.05, 3.63) is 91.9 Å². The lowest BCUT2D eigenvalue weighted by atomic mass is 10.1. The summed E-state index contributed by atoms with van der Waals surface area (Å²) in [6.45, 7) is 0.208. The number of barbiturate groups is 1. The molecular formula is C24H15BrCl2N2O5. The maximum Gasteiger partial charge on any atom is 0.335 e. The summed E-state index contributed by atoms with van der Waals surface area (Å²) in [5.41, 5.74) is 1.28. The van der Waals surface area contributed by atoms with Gasteiger partial charge in [-0.05, 0) is 76.1 Å². The first-order chi connectivity index (χ1) is 16.2. The smallest absolute Gasteiger partial charge is 0.335 e. The Labute approximate surface area is 212 Å². The van der Waals surface area contributed by atoms with E-state index in [4.69, 9.17) is 27.9 Å². The van der Waals surface area contributed by atoms with Crippen LogP contribution in [0.3, 0.4) is 0 Å². The van der Waals surface area contributed by atoms with Crippen molar-refractivity contribution in [2.75, 3.05) is 4.90 Å². The number of imide groups is 2. The summed E-state index contributed by atoms with van der Waals surface area (Å²) >= 11 is 15.5. The first kappa shape index (κ1) is 23.8. The minimum atomic E-state index is -0.872. The lowest BCUT2D eigenvalue weighted by Gasteiger charge is -2.26. The minimum Gasteiger partial charge on any atom is -0.508 e. The van der Waals surface area contributed by atoms with Gasteiger partial charge in [0.15, 0.2) is 0 Å². The zero-order valence-corrected chi connectivity index (χ0v) is 20.3. The summed E-state index contributed by atoms with van der Waals surface area (Å²) in [7, 11) is 0. The third-order valence-corrected chi connectivity index (χ3v) is 6.08. The zero-order chi connectivity index (χ0) is 24.4. The summed E-state index contributed by atoms with van der Waals surface area (Å²) in [4.78, 5) is 38.4. The number of urea groups is 1. The second-order valence-corrected chi connectivity index (χ2v) is 8.89. The Bertz CT molecular complexity index is 1340. The number of phenols is 1. The quantitative estimate of drug-likeness (QED) is 0.307. The van der Waals surface area contributed by atoms with E-state index >= 15 is 0 Å². The number of hydrogen-bond acceptors (Lipinski definition) is 5. The van der Waals surface area contributed by atoms with Crippen molar-refractivity contribution in [2.24, 2.45) is 0 Å². The molecule has 10 heteroatoms. The average Bonchev–Trinajstić information content (AvgIpc) is 2.78. The van der Waals surface area contributed by atoms with Crippen LogP contribution in [0, 0.1) is 0 Å². The summed E-state index contributed by atoms with van der Waals surface area (Å²) in [5.74, 6) is -1.09. The first-order valence-corrected chi connectivity index (χ1v) is 11.3. The number of halogens is 3. The number of carbonyl (C=O) groups is 3. The Morgan fingerprint density at radius 1 is 1.00 bits per heavy atom. The first-order valence-electron chi connectivity index (χ1n) is 9.79. The van der Waals surface area contributed by atoms with E-state index < -0.39 is 17.8 Å². The lowest BCUT2D eigenvalue weighted by Crippen LogP contribution is -2.54. The van der Waals surface area contributed by atoms with Crippen molar-refractivity contribution in [3.8, 4) is 11.5 Å². The standard InChI is InChI=1S/C24H15BrCl2N2O5/c25-19-10-13(1-8-21(19)34-12-14-2-3-15(26)11-20(14)27)9-18-22(31)28-24(33)29(23(18)32)16-4-6-17(30)7-5-16/h1-11,30H,12H2,(H,28,31,33)/b18-9+. The van der Waals surface area contributed by atoms with Crippen molar-refractivity contribution >= 4 is 68.7 Å². The molecule has 4 amide bonds. The zero-order valence-electron chi connectivity index (χ0n) is 17.2. The van der Waals surface area contributed by atoms with E-state index in [1.165, 1.54) is 30.3 Å². The number of benzene rings is 3. The molecule has 0 atom stereocenters. The number of nitrogens with one attached hydrogen (secondary N) is 1. The second-order valence-electron chi connectivity index (χ2n) is 7.19. The van der Waals surface area contributed by atoms with E-state index in [1.807, 2.05) is 0 Å². The van der Waals surface area contributed by atoms with E-state index in [2.05, 4.69) is 21.2 Å². The van der Waals surface area contributed by atoms with E-state index in [0.29, 0.717) is 25.8 Å². The Kier molecular flexibility index (Phi) is 6.92. The molecule has 1 aliphatic heterocycles. The van der Waals surface area contributed by atoms with Gasteiger partial charge in [0.25, 0.3) is 11.8 Å². The topological polar surface area (TPSA) is 95.9 Å². The van der Waals surface area contributed by atoms with E-state index in [-0.39, 0.29) is 23.6 Å². The summed E-state index contributed by atoms with van der Waals surface area (Å²) in [6.07, 6.45) is 1.38. The van der Waals surface area contributed by atoms with Crippen LogP contribution in [0.25, 0.3) is 6.08 Å². The molecule has 0 aliphatic carbocycles. The van der Waals surface area contributed by atoms with Crippen molar-refractivity contribution in [1.29, 1.82) is 0 Å². The van der Waals surface area contributed by atoms with Crippen LogP contribution >= 0.6 is 39.1 Å². The fourth-order valence-electron chi connectivity index (χ4n) is 3.18. The van der Waals surface area contributed by atoms with Gasteiger partial charge in [-0.1, -0.05) is 35.3 Å². The molecule has 0 radical (unpaired) electrons. The highest BCUT2D eigenvalue weighted by molar-refractivity contribution is 9.10. The van der Waals surface area contributed by atoms with Gasteiger partial charge in [0, 0.05) is 15.6 Å². The van der Waals surface area contributed by atoms with Crippen LogP contribution in [0.5, 0.6) is 11.5 Å². The number of phenolic OH excluding ortho intramolecular Hbond substituents is 1. The van der Waals surface area contributed by atoms with Crippen molar-refractivity contribution in [1.82, 2.24) is 5.32 Å². The summed E-state index contributed by atoms with van der Waals surface area (Å²) < 4.78 is 6.40. The van der Waals surface area contributed by atoms with Gasteiger partial charge in [-0.25, -0.2) is 9.69 Å². The van der Waals surface area contributed by atoms with Crippen molar-refractivity contribution in [3.63, 3.8) is 0 Å². The number of nitrogens with zero attached hydrogens (tertiary/aromatic N) is 1. The molecule has 1 fully saturated rings. The van der Waals surface area contributed by atoms with Crippen LogP contribution in [0.2, 0.25) is 10.0 Å². The molecule has 0 spiro atoms. The fourth-order valence-corrected chi connectivity index (χ4v) is 4.15. The Morgan fingerprint density at radius 2 is 1.74 bits per heavy atom. The van der Waals surface area contributed by atoms with Gasteiger partial charge >= 0.3 is 6.03 Å². The molecule has 0 unspecified atom stereocenters. The predicted molar refractivity (Wildman–Crippen MR) is 132 cm³/mol. The number of amides is 4. The number of carbonyl (C=O) groups excluding carboxylic acids is 3. The van der Waals surface area contributed by atoms with Crippen LogP contribution in [-0.2, 0) is 16.2 Å². The van der Waals surface area contributed by atoms with Crippen LogP contribution in [0.15, 0.2) is 70.7 Å². The molecule has 7 nitrogen and oxygen atoms in total. The van der Waals surface area contributed by atoms with E-state index in [0.717, 1.165) is 10.5 Å². The molecule has 0 saturated carbocycles. The normalized spacial score (nSPS) is 15.0. The van der Waals surface area contributed by atoms with Crippen molar-refractivity contribution in [2.45, 2.75) is 6.61 Å². The predicted octanol–water partition coefficient (Wildman–Crippen LogP) is 5.71. The van der Waals surface area contributed by atoms with Crippen LogP contribution in [-0.4, -0.2) is 23.0 Å². The summed E-state index contributed by atoms with van der Waals surface area (Å²) in [6, 6.07) is 14.7. The second kappa shape index (κ2) is 9.89. The Hall–Kier alpha value is -3.33. The highest BCUT2D eigenvalue weighted by atomic mass is 79.9. The monoisotopic (exact) mass is 560 g/mol. The van der Waals surface area contributed by atoms with Gasteiger partial charge in [-0.3, -0.25) is 14.9 Å². The van der Waals surface area contributed by atoms with Gasteiger partial charge in [-0.15, -0.1) is 0 Å². The third kappa shape index (κ3) is 5.09. The molecule has 3 aromatic rings. The molecule has 4 rings (SSSR count). The average molecular weight is 562 g/mol.